The Morgan fingerprint density at radius 1 is 1.04 bits per heavy atom. The van der Waals surface area contributed by atoms with E-state index in [4.69, 9.17) is 5.73 Å². The number of hydrogen-bond acceptors (Lipinski definition) is 6. The molecule has 1 heterocycles. The van der Waals surface area contributed by atoms with E-state index < -0.39 is 10.0 Å². The average Bonchev–Trinajstić information content (AvgIpc) is 2.96. The first-order valence-corrected chi connectivity index (χ1v) is 8.94. The first kappa shape index (κ1) is 15.3. The summed E-state index contributed by atoms with van der Waals surface area (Å²) in [5, 5.41) is 11.3. The van der Waals surface area contributed by atoms with Crippen LogP contribution in [0.15, 0.2) is 58.8 Å². The highest BCUT2D eigenvalue weighted by Gasteiger charge is 2.16. The van der Waals surface area contributed by atoms with Gasteiger partial charge < -0.3 is 10.8 Å². The number of nitrogens with one attached hydrogen (secondary N) is 1. The fourth-order valence-corrected chi connectivity index (χ4v) is 3.88. The molecule has 2 aromatic carbocycles. The third-order valence-corrected chi connectivity index (χ3v) is 5.32. The maximum Gasteiger partial charge on any atom is 0.263 e. The molecule has 6 nitrogen and oxygen atoms in total. The van der Waals surface area contributed by atoms with Crippen LogP contribution in [0.2, 0.25) is 0 Å². The summed E-state index contributed by atoms with van der Waals surface area (Å²) >= 11 is 1.18. The molecule has 23 heavy (non-hydrogen) atoms. The number of thiazole rings is 1. The van der Waals surface area contributed by atoms with Crippen LogP contribution in [0.4, 0.5) is 10.8 Å². The van der Waals surface area contributed by atoms with Gasteiger partial charge in [-0.05, 0) is 48.5 Å². The Morgan fingerprint density at radius 3 is 2.35 bits per heavy atom. The van der Waals surface area contributed by atoms with Gasteiger partial charge in [0.25, 0.3) is 10.0 Å². The van der Waals surface area contributed by atoms with Crippen molar-refractivity contribution in [2.45, 2.75) is 4.90 Å². The molecule has 3 rings (SSSR count). The molecule has 118 valence electrons. The predicted molar refractivity (Wildman–Crippen MR) is 90.9 cm³/mol. The molecule has 0 aliphatic rings. The molecule has 0 spiro atoms. The molecule has 0 unspecified atom stereocenters. The largest absolute Gasteiger partial charge is 0.508 e. The molecule has 3 aromatic rings. The van der Waals surface area contributed by atoms with Gasteiger partial charge in [0, 0.05) is 16.6 Å². The summed E-state index contributed by atoms with van der Waals surface area (Å²) in [6.07, 6.45) is 0. The monoisotopic (exact) mass is 347 g/mol. The molecule has 0 atom stereocenters. The minimum absolute atomic E-state index is 0.119. The lowest BCUT2D eigenvalue weighted by molar-refractivity contribution is 0.475. The lowest BCUT2D eigenvalue weighted by Crippen LogP contribution is -2.12. The van der Waals surface area contributed by atoms with Crippen molar-refractivity contribution < 1.29 is 13.5 Å². The maximum absolute atomic E-state index is 12.3. The molecule has 0 radical (unpaired) electrons. The van der Waals surface area contributed by atoms with Gasteiger partial charge in [-0.15, -0.1) is 11.3 Å². The van der Waals surface area contributed by atoms with Crippen LogP contribution in [0.1, 0.15) is 0 Å². The smallest absolute Gasteiger partial charge is 0.263 e. The second-order valence-electron chi connectivity index (χ2n) is 4.76. The second-order valence-corrected chi connectivity index (χ2v) is 7.30. The van der Waals surface area contributed by atoms with E-state index in [9.17, 15) is 13.5 Å². The fraction of sp³-hybridized carbons (Fsp3) is 0. The normalized spacial score (nSPS) is 11.3. The van der Waals surface area contributed by atoms with Crippen molar-refractivity contribution in [3.8, 4) is 17.0 Å². The molecule has 0 bridgehead atoms. The van der Waals surface area contributed by atoms with Crippen molar-refractivity contribution in [3.05, 3.63) is 53.9 Å². The minimum Gasteiger partial charge on any atom is -0.508 e. The van der Waals surface area contributed by atoms with Crippen molar-refractivity contribution in [1.29, 1.82) is 0 Å². The van der Waals surface area contributed by atoms with Gasteiger partial charge in [-0.3, -0.25) is 4.72 Å². The third-order valence-electron chi connectivity index (χ3n) is 3.08. The zero-order valence-electron chi connectivity index (χ0n) is 11.8. The van der Waals surface area contributed by atoms with Crippen LogP contribution in [0.3, 0.4) is 0 Å². The van der Waals surface area contributed by atoms with Gasteiger partial charge in [0.05, 0.1) is 10.6 Å². The van der Waals surface area contributed by atoms with Gasteiger partial charge in [0.15, 0.2) is 5.13 Å². The quantitative estimate of drug-likeness (QED) is 0.629. The van der Waals surface area contributed by atoms with E-state index in [1.165, 1.54) is 35.6 Å². The molecule has 0 aliphatic carbocycles. The number of aromatic nitrogens is 1. The first-order valence-electron chi connectivity index (χ1n) is 6.57. The highest BCUT2D eigenvalue weighted by molar-refractivity contribution is 7.93. The number of rotatable bonds is 4. The Bertz CT molecular complexity index is 917. The first-order chi connectivity index (χ1) is 10.9. The van der Waals surface area contributed by atoms with Crippen LogP contribution in [0.5, 0.6) is 5.75 Å². The van der Waals surface area contributed by atoms with Gasteiger partial charge in [-0.1, -0.05) is 0 Å². The van der Waals surface area contributed by atoms with Crippen LogP contribution in [0, 0.1) is 0 Å². The molecule has 0 saturated carbocycles. The van der Waals surface area contributed by atoms with Crippen LogP contribution < -0.4 is 10.5 Å². The highest BCUT2D eigenvalue weighted by Crippen LogP contribution is 2.27. The molecular formula is C15H13N3O3S2. The van der Waals surface area contributed by atoms with Crippen LogP contribution in [-0.2, 0) is 10.0 Å². The number of hydrogen-bond donors (Lipinski definition) is 3. The van der Waals surface area contributed by atoms with Crippen LogP contribution in [-0.4, -0.2) is 18.5 Å². The maximum atomic E-state index is 12.3. The topological polar surface area (TPSA) is 105 Å². The molecule has 4 N–H and O–H groups in total. The van der Waals surface area contributed by atoms with E-state index in [0.29, 0.717) is 11.4 Å². The molecule has 0 fully saturated rings. The lowest BCUT2D eigenvalue weighted by Gasteiger charge is -2.05. The van der Waals surface area contributed by atoms with Crippen molar-refractivity contribution in [2.75, 3.05) is 10.5 Å². The summed E-state index contributed by atoms with van der Waals surface area (Å²) < 4.78 is 27.0. The molecular weight excluding hydrogens is 334 g/mol. The van der Waals surface area contributed by atoms with Gasteiger partial charge in [-0.2, -0.15) is 0 Å². The second kappa shape index (κ2) is 5.90. The summed E-state index contributed by atoms with van der Waals surface area (Å²) in [5.41, 5.74) is 7.47. The average molecular weight is 347 g/mol. The van der Waals surface area contributed by atoms with Gasteiger partial charge in [0.1, 0.15) is 5.75 Å². The SMILES string of the molecule is Nc1ccc(S(=O)(=O)Nc2nc(-c3ccc(O)cc3)cs2)cc1. The Kier molecular flexibility index (Phi) is 3.93. The van der Waals surface area contributed by atoms with E-state index in [-0.39, 0.29) is 15.8 Å². The third kappa shape index (κ3) is 3.43. The van der Waals surface area contributed by atoms with E-state index in [1.807, 2.05) is 0 Å². The van der Waals surface area contributed by atoms with Crippen molar-refractivity contribution in [1.82, 2.24) is 4.98 Å². The summed E-state index contributed by atoms with van der Waals surface area (Å²) in [4.78, 5) is 4.38. The molecule has 0 aliphatic heterocycles. The zero-order chi connectivity index (χ0) is 16.4. The van der Waals surface area contributed by atoms with E-state index in [2.05, 4.69) is 9.71 Å². The molecule has 0 saturated heterocycles. The summed E-state index contributed by atoms with van der Waals surface area (Å²) in [5.74, 6) is 0.160. The number of nitrogens with two attached hydrogens (primary N) is 1. The number of sulfonamides is 1. The van der Waals surface area contributed by atoms with E-state index in [0.717, 1.165) is 5.56 Å². The number of phenolic OH excluding ortho intramolecular Hbond substituents is 1. The Morgan fingerprint density at radius 2 is 1.70 bits per heavy atom. The van der Waals surface area contributed by atoms with Gasteiger partial charge in [0.2, 0.25) is 0 Å². The number of nitrogen functional groups attached to an aromatic ring is 1. The Hall–Kier alpha value is -2.58. The number of aromatic hydroxyl groups is 1. The summed E-state index contributed by atoms with van der Waals surface area (Å²) in [7, 11) is -3.70. The number of phenols is 1. The summed E-state index contributed by atoms with van der Waals surface area (Å²) in [6.45, 7) is 0. The van der Waals surface area contributed by atoms with Gasteiger partial charge >= 0.3 is 0 Å². The lowest BCUT2D eigenvalue weighted by atomic mass is 10.2. The number of anilines is 2. The van der Waals surface area contributed by atoms with Gasteiger partial charge in [-0.25, -0.2) is 13.4 Å². The fourth-order valence-electron chi connectivity index (χ4n) is 1.91. The van der Waals surface area contributed by atoms with E-state index in [1.54, 1.807) is 29.6 Å². The molecule has 1 aromatic heterocycles. The summed E-state index contributed by atoms with van der Waals surface area (Å²) in [6, 6.07) is 12.4. The van der Waals surface area contributed by atoms with Crippen LogP contribution >= 0.6 is 11.3 Å². The Labute approximate surface area is 137 Å². The zero-order valence-corrected chi connectivity index (χ0v) is 13.4. The highest BCUT2D eigenvalue weighted by atomic mass is 32.2. The van der Waals surface area contributed by atoms with Crippen molar-refractivity contribution >= 4 is 32.2 Å². The minimum atomic E-state index is -3.70. The standard InChI is InChI=1S/C15H13N3O3S2/c16-11-3-7-13(8-4-11)23(20,21)18-15-17-14(9-22-15)10-1-5-12(19)6-2-10/h1-9,19H,16H2,(H,17,18). The van der Waals surface area contributed by atoms with Crippen molar-refractivity contribution in [3.63, 3.8) is 0 Å². The number of nitrogens with zero attached hydrogens (tertiary/aromatic N) is 1. The molecule has 8 heteroatoms. The Balaban J connectivity index is 1.83. The van der Waals surface area contributed by atoms with Crippen molar-refractivity contribution in [2.24, 2.45) is 0 Å². The van der Waals surface area contributed by atoms with E-state index >= 15 is 0 Å². The van der Waals surface area contributed by atoms with Crippen LogP contribution in [0.25, 0.3) is 11.3 Å². The number of benzene rings is 2. The molecule has 0 amide bonds. The predicted octanol–water partition coefficient (Wildman–Crippen LogP) is 2.90.